The highest BCUT2D eigenvalue weighted by Gasteiger charge is 2.37. The molecule has 0 aromatic heterocycles. The van der Waals surface area contributed by atoms with Crippen LogP contribution in [0.25, 0.3) is 0 Å². The minimum atomic E-state index is 0.386. The van der Waals surface area contributed by atoms with Gasteiger partial charge in [0.25, 0.3) is 0 Å². The maximum Gasteiger partial charge on any atom is 0.0406 e. The first-order valence-corrected chi connectivity index (χ1v) is 8.31. The second kappa shape index (κ2) is 6.05. The largest absolute Gasteiger partial charge is 0.310 e. The van der Waals surface area contributed by atoms with Crippen molar-refractivity contribution in [1.29, 1.82) is 0 Å². The monoisotopic (exact) mass is 292 g/mol. The van der Waals surface area contributed by atoms with Crippen LogP contribution in [-0.4, -0.2) is 30.1 Å². The van der Waals surface area contributed by atoms with E-state index in [9.17, 15) is 0 Å². The Morgan fingerprint density at radius 1 is 1.15 bits per heavy atom. The summed E-state index contributed by atoms with van der Waals surface area (Å²) in [5.41, 5.74) is 1.77. The van der Waals surface area contributed by atoms with Gasteiger partial charge < -0.3 is 5.32 Å². The minimum absolute atomic E-state index is 0.386. The van der Waals surface area contributed by atoms with Crippen molar-refractivity contribution in [2.75, 3.05) is 19.6 Å². The van der Waals surface area contributed by atoms with Crippen LogP contribution in [-0.2, 0) is 0 Å². The Hall–Kier alpha value is -0.570. The van der Waals surface area contributed by atoms with Gasteiger partial charge in [-0.25, -0.2) is 0 Å². The zero-order valence-electron chi connectivity index (χ0n) is 12.4. The van der Waals surface area contributed by atoms with E-state index in [0.29, 0.717) is 11.6 Å². The van der Waals surface area contributed by atoms with Crippen LogP contribution in [0.3, 0.4) is 0 Å². The number of benzene rings is 1. The summed E-state index contributed by atoms with van der Waals surface area (Å²) < 4.78 is 0. The number of halogens is 1. The highest BCUT2D eigenvalue weighted by molar-refractivity contribution is 6.30. The Labute approximate surface area is 127 Å². The SMILES string of the molecule is CC(c1ccc(Cl)cc1)N1CCCNC2(CCCC2)C1. The molecule has 20 heavy (non-hydrogen) atoms. The van der Waals surface area contributed by atoms with E-state index in [1.165, 1.54) is 57.3 Å². The summed E-state index contributed by atoms with van der Waals surface area (Å²) >= 11 is 6.00. The van der Waals surface area contributed by atoms with Gasteiger partial charge in [-0.2, -0.15) is 0 Å². The Kier molecular flexibility index (Phi) is 4.34. The molecule has 1 N–H and O–H groups in total. The van der Waals surface area contributed by atoms with E-state index < -0.39 is 0 Å². The molecule has 1 saturated carbocycles. The fourth-order valence-corrected chi connectivity index (χ4v) is 3.95. The molecule has 0 bridgehead atoms. The molecule has 3 rings (SSSR count). The summed E-state index contributed by atoms with van der Waals surface area (Å²) in [6.45, 7) is 5.89. The fraction of sp³-hybridized carbons (Fsp3) is 0.647. The number of rotatable bonds is 2. The third kappa shape index (κ3) is 3.03. The summed E-state index contributed by atoms with van der Waals surface area (Å²) in [6.07, 6.45) is 6.71. The van der Waals surface area contributed by atoms with Gasteiger partial charge in [0, 0.05) is 29.7 Å². The molecule has 1 atom stereocenters. The predicted octanol–water partition coefficient (Wildman–Crippen LogP) is 4.01. The molecule has 2 nitrogen and oxygen atoms in total. The fourth-order valence-electron chi connectivity index (χ4n) is 3.83. The molecule has 1 aromatic rings. The smallest absolute Gasteiger partial charge is 0.0406 e. The van der Waals surface area contributed by atoms with E-state index in [2.05, 4.69) is 29.3 Å². The maximum atomic E-state index is 6.00. The number of nitrogens with zero attached hydrogens (tertiary/aromatic N) is 1. The lowest BCUT2D eigenvalue weighted by Crippen LogP contribution is -2.49. The Balaban J connectivity index is 1.75. The minimum Gasteiger partial charge on any atom is -0.310 e. The van der Waals surface area contributed by atoms with Gasteiger partial charge >= 0.3 is 0 Å². The van der Waals surface area contributed by atoms with Crippen molar-refractivity contribution in [3.8, 4) is 0 Å². The molecule has 3 heteroatoms. The van der Waals surface area contributed by atoms with Gasteiger partial charge in [0.15, 0.2) is 0 Å². The molecule has 0 radical (unpaired) electrons. The van der Waals surface area contributed by atoms with Crippen LogP contribution in [0.4, 0.5) is 0 Å². The van der Waals surface area contributed by atoms with E-state index in [4.69, 9.17) is 11.6 Å². The highest BCUT2D eigenvalue weighted by Crippen LogP contribution is 2.34. The molecule has 1 heterocycles. The van der Waals surface area contributed by atoms with Crippen molar-refractivity contribution in [1.82, 2.24) is 10.2 Å². The van der Waals surface area contributed by atoms with Crippen molar-refractivity contribution in [2.24, 2.45) is 0 Å². The first kappa shape index (κ1) is 14.4. The van der Waals surface area contributed by atoms with Crippen molar-refractivity contribution in [3.63, 3.8) is 0 Å². The van der Waals surface area contributed by atoms with Gasteiger partial charge in [0.05, 0.1) is 0 Å². The molecule has 1 aromatic carbocycles. The quantitative estimate of drug-likeness (QED) is 0.886. The number of nitrogens with one attached hydrogen (secondary N) is 1. The lowest BCUT2D eigenvalue weighted by Gasteiger charge is -2.36. The van der Waals surface area contributed by atoms with E-state index in [1.54, 1.807) is 0 Å². The van der Waals surface area contributed by atoms with Crippen LogP contribution in [0, 0.1) is 0 Å². The molecular formula is C17H25ClN2. The standard InChI is InChI=1S/C17H25ClN2/c1-14(15-5-7-16(18)8-6-15)20-12-4-11-19-17(13-20)9-2-3-10-17/h5-8,14,19H,2-4,9-13H2,1H3. The van der Waals surface area contributed by atoms with Gasteiger partial charge in [-0.05, 0) is 50.4 Å². The zero-order valence-corrected chi connectivity index (χ0v) is 13.1. The predicted molar refractivity (Wildman–Crippen MR) is 85.3 cm³/mol. The topological polar surface area (TPSA) is 15.3 Å². The third-order valence-corrected chi connectivity index (χ3v) is 5.34. The summed E-state index contributed by atoms with van der Waals surface area (Å²) in [7, 11) is 0. The first-order valence-electron chi connectivity index (χ1n) is 7.93. The van der Waals surface area contributed by atoms with Crippen LogP contribution >= 0.6 is 11.6 Å². The van der Waals surface area contributed by atoms with Gasteiger partial charge in [0.2, 0.25) is 0 Å². The van der Waals surface area contributed by atoms with Crippen molar-refractivity contribution >= 4 is 11.6 Å². The lowest BCUT2D eigenvalue weighted by atomic mass is 9.95. The molecule has 1 unspecified atom stereocenters. The van der Waals surface area contributed by atoms with E-state index in [0.717, 1.165) is 5.02 Å². The van der Waals surface area contributed by atoms with Crippen LogP contribution in [0.2, 0.25) is 5.02 Å². The Morgan fingerprint density at radius 3 is 2.55 bits per heavy atom. The second-order valence-corrected chi connectivity index (χ2v) is 6.90. The highest BCUT2D eigenvalue weighted by atomic mass is 35.5. The van der Waals surface area contributed by atoms with Gasteiger partial charge in [-0.3, -0.25) is 4.90 Å². The molecular weight excluding hydrogens is 268 g/mol. The summed E-state index contributed by atoms with van der Waals surface area (Å²) in [6, 6.07) is 8.84. The molecule has 1 aliphatic heterocycles. The van der Waals surface area contributed by atoms with Crippen LogP contribution in [0.5, 0.6) is 0 Å². The molecule has 1 spiro atoms. The first-order chi connectivity index (χ1) is 9.69. The van der Waals surface area contributed by atoms with E-state index in [-0.39, 0.29) is 0 Å². The van der Waals surface area contributed by atoms with Crippen LogP contribution in [0.15, 0.2) is 24.3 Å². The molecule has 2 fully saturated rings. The molecule has 110 valence electrons. The molecule has 0 amide bonds. The van der Waals surface area contributed by atoms with E-state index in [1.807, 2.05) is 12.1 Å². The average Bonchev–Trinajstić information content (AvgIpc) is 2.80. The Bertz CT molecular complexity index is 437. The normalized spacial score (nSPS) is 24.7. The molecule has 2 aliphatic rings. The molecule has 1 saturated heterocycles. The number of hydrogen-bond acceptors (Lipinski definition) is 2. The van der Waals surface area contributed by atoms with Crippen LogP contribution in [0.1, 0.15) is 50.6 Å². The third-order valence-electron chi connectivity index (χ3n) is 5.09. The van der Waals surface area contributed by atoms with Crippen molar-refractivity contribution in [3.05, 3.63) is 34.9 Å². The lowest BCUT2D eigenvalue weighted by molar-refractivity contribution is 0.166. The summed E-state index contributed by atoms with van der Waals surface area (Å²) in [5.74, 6) is 0. The summed E-state index contributed by atoms with van der Waals surface area (Å²) in [5, 5.41) is 4.66. The summed E-state index contributed by atoms with van der Waals surface area (Å²) in [4.78, 5) is 2.66. The zero-order chi connectivity index (χ0) is 14.0. The second-order valence-electron chi connectivity index (χ2n) is 6.47. The number of hydrogen-bond donors (Lipinski definition) is 1. The average molecular weight is 293 g/mol. The van der Waals surface area contributed by atoms with Crippen molar-refractivity contribution in [2.45, 2.75) is 50.6 Å². The van der Waals surface area contributed by atoms with Gasteiger partial charge in [0.1, 0.15) is 0 Å². The van der Waals surface area contributed by atoms with Crippen molar-refractivity contribution < 1.29 is 0 Å². The van der Waals surface area contributed by atoms with Crippen LogP contribution < -0.4 is 5.32 Å². The molecule has 1 aliphatic carbocycles. The Morgan fingerprint density at radius 2 is 1.85 bits per heavy atom. The van der Waals surface area contributed by atoms with E-state index >= 15 is 0 Å². The maximum absolute atomic E-state index is 6.00. The van der Waals surface area contributed by atoms with Gasteiger partial charge in [-0.1, -0.05) is 36.6 Å². The van der Waals surface area contributed by atoms with Gasteiger partial charge in [-0.15, -0.1) is 0 Å².